The van der Waals surface area contributed by atoms with Crippen molar-refractivity contribution in [1.82, 2.24) is 15.2 Å². The fourth-order valence-corrected chi connectivity index (χ4v) is 2.52. The van der Waals surface area contributed by atoms with Gasteiger partial charge in [0.2, 0.25) is 5.91 Å². The highest BCUT2D eigenvalue weighted by Gasteiger charge is 2.18. The van der Waals surface area contributed by atoms with Crippen molar-refractivity contribution in [1.29, 1.82) is 0 Å². The van der Waals surface area contributed by atoms with Gasteiger partial charge in [0.25, 0.3) is 0 Å². The smallest absolute Gasteiger partial charge is 0.312 e. The topological polar surface area (TPSA) is 114 Å². The number of amides is 3. The molecule has 1 heterocycles. The molecule has 0 aromatic carbocycles. The van der Waals surface area contributed by atoms with Crippen LogP contribution in [0.5, 0.6) is 0 Å². The van der Waals surface area contributed by atoms with Gasteiger partial charge in [-0.05, 0) is 19.8 Å². The van der Waals surface area contributed by atoms with Gasteiger partial charge in [-0.3, -0.25) is 4.79 Å². The lowest BCUT2D eigenvalue weighted by Gasteiger charge is -2.20. The molecule has 5 N–H and O–H groups in total. The van der Waals surface area contributed by atoms with Crippen LogP contribution >= 0.6 is 23.7 Å². The SMILES string of the molecule is Cc1csc(CN(C)C(=O)[C@@H](N)CCCNC(N)=O)n1.Cl. The molecule has 1 atom stereocenters. The maximum Gasteiger partial charge on any atom is 0.312 e. The largest absolute Gasteiger partial charge is 0.352 e. The van der Waals surface area contributed by atoms with E-state index in [-0.39, 0.29) is 18.3 Å². The van der Waals surface area contributed by atoms with Gasteiger partial charge in [0, 0.05) is 24.7 Å². The van der Waals surface area contributed by atoms with Gasteiger partial charge in [-0.15, -0.1) is 23.7 Å². The van der Waals surface area contributed by atoms with Crippen LogP contribution in [0.2, 0.25) is 0 Å². The van der Waals surface area contributed by atoms with Gasteiger partial charge in [-0.2, -0.15) is 0 Å². The maximum atomic E-state index is 12.0. The number of nitrogens with zero attached hydrogens (tertiary/aromatic N) is 2. The van der Waals surface area contributed by atoms with Crippen LogP contribution in [0.4, 0.5) is 4.79 Å². The minimum absolute atomic E-state index is 0. The quantitative estimate of drug-likeness (QED) is 0.633. The van der Waals surface area contributed by atoms with E-state index >= 15 is 0 Å². The van der Waals surface area contributed by atoms with Crippen molar-refractivity contribution in [3.8, 4) is 0 Å². The second-order valence-corrected chi connectivity index (χ2v) is 5.56. The predicted molar refractivity (Wildman–Crippen MR) is 85.4 cm³/mol. The number of carbonyl (C=O) groups excluding carboxylic acids is 2. The Hall–Kier alpha value is -1.38. The molecule has 0 saturated carbocycles. The highest BCUT2D eigenvalue weighted by molar-refractivity contribution is 7.09. The van der Waals surface area contributed by atoms with E-state index in [1.165, 1.54) is 11.3 Å². The number of aromatic nitrogens is 1. The summed E-state index contributed by atoms with van der Waals surface area (Å²) in [6.07, 6.45) is 1.11. The number of aryl methyl sites for hydroxylation is 1. The van der Waals surface area contributed by atoms with Crippen molar-refractivity contribution in [2.45, 2.75) is 32.4 Å². The summed E-state index contributed by atoms with van der Waals surface area (Å²) in [5, 5.41) is 5.30. The zero-order valence-electron chi connectivity index (χ0n) is 12.2. The number of nitrogens with two attached hydrogens (primary N) is 2. The fourth-order valence-electron chi connectivity index (χ4n) is 1.70. The molecule has 3 amide bonds. The predicted octanol–water partition coefficient (Wildman–Crippen LogP) is 0.608. The Labute approximate surface area is 134 Å². The minimum atomic E-state index is -0.573. The first-order valence-corrected chi connectivity index (χ1v) is 7.23. The molecule has 0 bridgehead atoms. The fraction of sp³-hybridized carbons (Fsp3) is 0.583. The number of thiazole rings is 1. The molecule has 0 radical (unpaired) electrons. The van der Waals surface area contributed by atoms with Crippen molar-refractivity contribution < 1.29 is 9.59 Å². The molecule has 120 valence electrons. The van der Waals surface area contributed by atoms with E-state index in [0.29, 0.717) is 25.9 Å². The molecule has 0 aliphatic heterocycles. The molecule has 0 aliphatic carbocycles. The lowest BCUT2D eigenvalue weighted by Crippen LogP contribution is -2.42. The molecule has 7 nitrogen and oxygen atoms in total. The third kappa shape index (κ3) is 7.26. The van der Waals surface area contributed by atoms with Crippen LogP contribution in [-0.2, 0) is 11.3 Å². The van der Waals surface area contributed by atoms with E-state index in [0.717, 1.165) is 10.7 Å². The summed E-state index contributed by atoms with van der Waals surface area (Å²) < 4.78 is 0. The average molecular weight is 336 g/mol. The molecule has 21 heavy (non-hydrogen) atoms. The number of hydrogen-bond donors (Lipinski definition) is 3. The maximum absolute atomic E-state index is 12.0. The zero-order chi connectivity index (χ0) is 15.1. The third-order valence-corrected chi connectivity index (χ3v) is 3.67. The second-order valence-electron chi connectivity index (χ2n) is 4.62. The molecule has 0 unspecified atom stereocenters. The van der Waals surface area contributed by atoms with Crippen molar-refractivity contribution in [3.63, 3.8) is 0 Å². The zero-order valence-corrected chi connectivity index (χ0v) is 13.8. The van der Waals surface area contributed by atoms with Gasteiger partial charge in [-0.25, -0.2) is 9.78 Å². The summed E-state index contributed by atoms with van der Waals surface area (Å²) in [6.45, 7) is 2.80. The molecular formula is C12H22ClN5O2S. The molecule has 1 rings (SSSR count). The van der Waals surface area contributed by atoms with Crippen LogP contribution in [0.1, 0.15) is 23.5 Å². The number of primary amides is 1. The first-order valence-electron chi connectivity index (χ1n) is 6.35. The molecule has 0 spiro atoms. The Morgan fingerprint density at radius 3 is 2.71 bits per heavy atom. The third-order valence-electron chi connectivity index (χ3n) is 2.72. The Kier molecular flexibility index (Phi) is 8.91. The number of likely N-dealkylation sites (N-methyl/N-ethyl adjacent to an activating group) is 1. The molecular weight excluding hydrogens is 314 g/mol. The van der Waals surface area contributed by atoms with Gasteiger partial charge in [-0.1, -0.05) is 0 Å². The van der Waals surface area contributed by atoms with Crippen LogP contribution in [0.15, 0.2) is 5.38 Å². The first kappa shape index (κ1) is 19.6. The van der Waals surface area contributed by atoms with E-state index in [1.54, 1.807) is 11.9 Å². The van der Waals surface area contributed by atoms with E-state index in [9.17, 15) is 9.59 Å². The van der Waals surface area contributed by atoms with Crippen molar-refractivity contribution in [2.75, 3.05) is 13.6 Å². The van der Waals surface area contributed by atoms with Gasteiger partial charge in [0.1, 0.15) is 5.01 Å². The first-order chi connectivity index (χ1) is 9.40. The Morgan fingerprint density at radius 1 is 1.52 bits per heavy atom. The summed E-state index contributed by atoms with van der Waals surface area (Å²) in [5.74, 6) is -0.128. The summed E-state index contributed by atoms with van der Waals surface area (Å²) in [7, 11) is 1.71. The van der Waals surface area contributed by atoms with E-state index in [1.807, 2.05) is 12.3 Å². The Balaban J connectivity index is 0.00000400. The number of hydrogen-bond acceptors (Lipinski definition) is 5. The number of halogens is 1. The minimum Gasteiger partial charge on any atom is -0.352 e. The van der Waals surface area contributed by atoms with Gasteiger partial charge in [0.05, 0.1) is 12.6 Å². The monoisotopic (exact) mass is 335 g/mol. The van der Waals surface area contributed by atoms with Gasteiger partial charge >= 0.3 is 6.03 Å². The molecule has 0 saturated heterocycles. The highest BCUT2D eigenvalue weighted by atomic mass is 35.5. The lowest BCUT2D eigenvalue weighted by atomic mass is 10.1. The van der Waals surface area contributed by atoms with E-state index in [2.05, 4.69) is 10.3 Å². The standard InChI is InChI=1S/C12H21N5O2S.ClH/c1-8-7-20-10(16-8)6-17(2)11(18)9(13)4-3-5-15-12(14)19;/h7,9H,3-6,13H2,1-2H3,(H3,14,15,19);1H/t9-;/m0./s1. The summed E-state index contributed by atoms with van der Waals surface area (Å²) in [4.78, 5) is 28.4. The van der Waals surface area contributed by atoms with Crippen LogP contribution < -0.4 is 16.8 Å². The average Bonchev–Trinajstić information content (AvgIpc) is 2.78. The molecule has 1 aromatic heterocycles. The number of nitrogens with one attached hydrogen (secondary N) is 1. The van der Waals surface area contributed by atoms with Gasteiger partial charge < -0.3 is 21.7 Å². The highest BCUT2D eigenvalue weighted by Crippen LogP contribution is 2.11. The molecule has 0 fully saturated rings. The van der Waals surface area contributed by atoms with Crippen LogP contribution in [0, 0.1) is 6.92 Å². The summed E-state index contributed by atoms with van der Waals surface area (Å²) in [5.41, 5.74) is 11.7. The van der Waals surface area contributed by atoms with Crippen LogP contribution in [0.3, 0.4) is 0 Å². The van der Waals surface area contributed by atoms with Crippen LogP contribution in [-0.4, -0.2) is 41.5 Å². The van der Waals surface area contributed by atoms with Crippen molar-refractivity contribution in [2.24, 2.45) is 11.5 Å². The second kappa shape index (κ2) is 9.54. The van der Waals surface area contributed by atoms with Crippen LogP contribution in [0.25, 0.3) is 0 Å². The summed E-state index contributed by atoms with van der Waals surface area (Å²) in [6, 6.07) is -1.14. The van der Waals surface area contributed by atoms with E-state index < -0.39 is 12.1 Å². The van der Waals surface area contributed by atoms with Crippen molar-refractivity contribution >= 4 is 35.7 Å². The molecule has 0 aliphatic rings. The van der Waals surface area contributed by atoms with E-state index in [4.69, 9.17) is 11.5 Å². The molecule has 1 aromatic rings. The summed E-state index contributed by atoms with van der Waals surface area (Å²) >= 11 is 1.52. The molecule has 9 heteroatoms. The normalized spacial score (nSPS) is 11.4. The van der Waals surface area contributed by atoms with Gasteiger partial charge in [0.15, 0.2) is 0 Å². The number of rotatable bonds is 7. The number of urea groups is 1. The number of carbonyl (C=O) groups is 2. The Bertz CT molecular complexity index is 468. The lowest BCUT2D eigenvalue weighted by molar-refractivity contribution is -0.132. The Morgan fingerprint density at radius 2 is 2.19 bits per heavy atom. The van der Waals surface area contributed by atoms with Crippen molar-refractivity contribution in [3.05, 3.63) is 16.1 Å².